The molecule has 0 aliphatic carbocycles. The SMILES string of the molecule is CCCCc1ccc(-c2csc(NC(=O)c3c(-c4ccccc4)noc3C)c2C(=O)OC)cc1. The summed E-state index contributed by atoms with van der Waals surface area (Å²) in [6.07, 6.45) is 3.29. The number of aryl methyl sites for hydroxylation is 2. The summed E-state index contributed by atoms with van der Waals surface area (Å²) in [5.41, 5.74) is 4.76. The van der Waals surface area contributed by atoms with E-state index in [-0.39, 0.29) is 0 Å². The van der Waals surface area contributed by atoms with Crippen LogP contribution in [0, 0.1) is 6.92 Å². The van der Waals surface area contributed by atoms with Crippen LogP contribution in [0.5, 0.6) is 0 Å². The van der Waals surface area contributed by atoms with Crippen LogP contribution in [0.3, 0.4) is 0 Å². The number of carbonyl (C=O) groups is 2. The Balaban J connectivity index is 1.66. The minimum absolute atomic E-state index is 0.331. The van der Waals surface area contributed by atoms with Crippen molar-refractivity contribution in [3.05, 3.63) is 82.4 Å². The first-order valence-electron chi connectivity index (χ1n) is 11.2. The highest BCUT2D eigenvalue weighted by atomic mass is 32.1. The number of hydrogen-bond acceptors (Lipinski definition) is 6. The molecule has 0 unspecified atom stereocenters. The number of unbranched alkanes of at least 4 members (excludes halogenated alkanes) is 1. The number of rotatable bonds is 8. The fraction of sp³-hybridized carbons (Fsp3) is 0.222. The Labute approximate surface area is 202 Å². The third-order valence-electron chi connectivity index (χ3n) is 5.63. The van der Waals surface area contributed by atoms with E-state index in [2.05, 4.69) is 29.5 Å². The zero-order chi connectivity index (χ0) is 24.1. The Bertz CT molecular complexity index is 1290. The van der Waals surface area contributed by atoms with E-state index in [4.69, 9.17) is 9.26 Å². The van der Waals surface area contributed by atoms with Crippen LogP contribution in [0.1, 0.15) is 51.8 Å². The zero-order valence-electron chi connectivity index (χ0n) is 19.4. The largest absolute Gasteiger partial charge is 0.465 e. The molecule has 4 rings (SSSR count). The number of carbonyl (C=O) groups excluding carboxylic acids is 2. The number of hydrogen-bond donors (Lipinski definition) is 1. The van der Waals surface area contributed by atoms with E-state index in [0.29, 0.717) is 27.6 Å². The number of nitrogens with one attached hydrogen (secondary N) is 1. The van der Waals surface area contributed by atoms with E-state index in [1.807, 2.05) is 47.8 Å². The van der Waals surface area contributed by atoms with Crippen LogP contribution in [0.4, 0.5) is 5.00 Å². The van der Waals surface area contributed by atoms with Crippen molar-refractivity contribution in [2.24, 2.45) is 0 Å². The van der Waals surface area contributed by atoms with Crippen molar-refractivity contribution in [3.63, 3.8) is 0 Å². The quantitative estimate of drug-likeness (QED) is 0.285. The number of ether oxygens (including phenoxy) is 1. The number of amides is 1. The summed E-state index contributed by atoms with van der Waals surface area (Å²) in [5.74, 6) is -0.506. The van der Waals surface area contributed by atoms with Gasteiger partial charge in [0.05, 0.1) is 7.11 Å². The molecule has 2 aromatic heterocycles. The second kappa shape index (κ2) is 10.5. The summed E-state index contributed by atoms with van der Waals surface area (Å²) in [7, 11) is 1.33. The Morgan fingerprint density at radius 2 is 1.76 bits per heavy atom. The van der Waals surface area contributed by atoms with Crippen molar-refractivity contribution in [3.8, 4) is 22.4 Å². The normalized spacial score (nSPS) is 10.8. The highest BCUT2D eigenvalue weighted by molar-refractivity contribution is 7.15. The van der Waals surface area contributed by atoms with Gasteiger partial charge in [-0.2, -0.15) is 0 Å². The number of methoxy groups -OCH3 is 1. The minimum Gasteiger partial charge on any atom is -0.465 e. The van der Waals surface area contributed by atoms with E-state index in [9.17, 15) is 9.59 Å². The molecule has 1 amide bonds. The van der Waals surface area contributed by atoms with Gasteiger partial charge in [0, 0.05) is 16.5 Å². The predicted octanol–water partition coefficient (Wildman–Crippen LogP) is 6.76. The topological polar surface area (TPSA) is 81.4 Å². The number of nitrogens with zero attached hydrogens (tertiary/aromatic N) is 1. The molecule has 2 heterocycles. The third-order valence-corrected chi connectivity index (χ3v) is 6.52. The third kappa shape index (κ3) is 4.79. The Hall–Kier alpha value is -3.71. The molecule has 0 atom stereocenters. The van der Waals surface area contributed by atoms with E-state index < -0.39 is 11.9 Å². The fourth-order valence-corrected chi connectivity index (χ4v) is 4.75. The lowest BCUT2D eigenvalue weighted by atomic mass is 10.0. The van der Waals surface area contributed by atoms with Crippen molar-refractivity contribution in [2.45, 2.75) is 33.1 Å². The Morgan fingerprint density at radius 1 is 1.03 bits per heavy atom. The molecule has 1 N–H and O–H groups in total. The Morgan fingerprint density at radius 3 is 2.44 bits per heavy atom. The van der Waals surface area contributed by atoms with E-state index in [1.54, 1.807) is 6.92 Å². The molecule has 0 spiro atoms. The van der Waals surface area contributed by atoms with E-state index in [1.165, 1.54) is 24.0 Å². The molecular weight excluding hydrogens is 448 g/mol. The molecule has 174 valence electrons. The number of esters is 1. The predicted molar refractivity (Wildman–Crippen MR) is 134 cm³/mol. The fourth-order valence-electron chi connectivity index (χ4n) is 3.80. The Kier molecular flexibility index (Phi) is 7.23. The molecule has 0 aliphatic heterocycles. The lowest BCUT2D eigenvalue weighted by molar-refractivity contribution is 0.0603. The molecule has 0 radical (unpaired) electrons. The number of thiophene rings is 1. The van der Waals surface area contributed by atoms with Gasteiger partial charge in [0.1, 0.15) is 27.6 Å². The van der Waals surface area contributed by atoms with Crippen LogP contribution in [0.25, 0.3) is 22.4 Å². The van der Waals surface area contributed by atoms with Gasteiger partial charge < -0.3 is 14.6 Å². The van der Waals surface area contributed by atoms with Gasteiger partial charge in [-0.15, -0.1) is 11.3 Å². The highest BCUT2D eigenvalue weighted by Gasteiger charge is 2.26. The van der Waals surface area contributed by atoms with Crippen LogP contribution < -0.4 is 5.32 Å². The first-order chi connectivity index (χ1) is 16.5. The van der Waals surface area contributed by atoms with Gasteiger partial charge in [-0.05, 0) is 30.9 Å². The molecule has 0 saturated carbocycles. The average Bonchev–Trinajstić information content (AvgIpc) is 3.46. The molecule has 0 fully saturated rings. The van der Waals surface area contributed by atoms with Gasteiger partial charge in [-0.3, -0.25) is 4.79 Å². The van der Waals surface area contributed by atoms with Crippen LogP contribution in [0.15, 0.2) is 64.5 Å². The zero-order valence-corrected chi connectivity index (χ0v) is 20.2. The van der Waals surface area contributed by atoms with Crippen LogP contribution in [-0.4, -0.2) is 24.1 Å². The summed E-state index contributed by atoms with van der Waals surface area (Å²) >= 11 is 1.28. The molecule has 4 aromatic rings. The minimum atomic E-state index is -0.507. The second-order valence-electron chi connectivity index (χ2n) is 7.93. The van der Waals surface area contributed by atoms with Gasteiger partial charge in [0.15, 0.2) is 0 Å². The highest BCUT2D eigenvalue weighted by Crippen LogP contribution is 2.37. The lowest BCUT2D eigenvalue weighted by Gasteiger charge is -2.09. The van der Waals surface area contributed by atoms with Crippen LogP contribution >= 0.6 is 11.3 Å². The number of benzene rings is 2. The standard InChI is InChI=1S/C27H26N2O4S/c1-4-5-9-18-12-14-19(15-13-18)21-16-34-26(23(21)27(31)32-3)28-25(30)22-17(2)33-29-24(22)20-10-7-6-8-11-20/h6-8,10-16H,4-5,9H2,1-3H3,(H,28,30). The molecule has 0 aliphatic rings. The molecule has 2 aromatic carbocycles. The molecular formula is C27H26N2O4S. The molecule has 34 heavy (non-hydrogen) atoms. The van der Waals surface area contributed by atoms with Crippen LogP contribution in [-0.2, 0) is 11.2 Å². The smallest absolute Gasteiger partial charge is 0.341 e. The second-order valence-corrected chi connectivity index (χ2v) is 8.81. The molecule has 0 bridgehead atoms. The lowest BCUT2D eigenvalue weighted by Crippen LogP contribution is -2.15. The molecule has 0 saturated heterocycles. The van der Waals surface area contributed by atoms with Gasteiger partial charge in [0.2, 0.25) is 0 Å². The van der Waals surface area contributed by atoms with Gasteiger partial charge >= 0.3 is 5.97 Å². The summed E-state index contributed by atoms with van der Waals surface area (Å²) in [5, 5.41) is 9.25. The number of aromatic nitrogens is 1. The summed E-state index contributed by atoms with van der Waals surface area (Å²) in [6, 6.07) is 17.5. The van der Waals surface area contributed by atoms with Crippen molar-refractivity contribution in [1.29, 1.82) is 0 Å². The van der Waals surface area contributed by atoms with Crippen molar-refractivity contribution in [2.75, 3.05) is 12.4 Å². The van der Waals surface area contributed by atoms with Gasteiger partial charge in [-0.25, -0.2) is 4.79 Å². The van der Waals surface area contributed by atoms with E-state index >= 15 is 0 Å². The summed E-state index contributed by atoms with van der Waals surface area (Å²) in [4.78, 5) is 26.0. The monoisotopic (exact) mass is 474 g/mol. The summed E-state index contributed by atoms with van der Waals surface area (Å²) in [6.45, 7) is 3.86. The molecule has 6 nitrogen and oxygen atoms in total. The first-order valence-corrected chi connectivity index (χ1v) is 12.0. The van der Waals surface area contributed by atoms with Crippen LogP contribution in [0.2, 0.25) is 0 Å². The number of anilines is 1. The van der Waals surface area contributed by atoms with E-state index in [0.717, 1.165) is 36.0 Å². The van der Waals surface area contributed by atoms with Gasteiger partial charge in [-0.1, -0.05) is 73.1 Å². The maximum absolute atomic E-state index is 13.3. The average molecular weight is 475 g/mol. The van der Waals surface area contributed by atoms with Crippen molar-refractivity contribution in [1.82, 2.24) is 5.16 Å². The van der Waals surface area contributed by atoms with Crippen molar-refractivity contribution >= 4 is 28.2 Å². The molecule has 7 heteroatoms. The maximum atomic E-state index is 13.3. The van der Waals surface area contributed by atoms with Gasteiger partial charge in [0.25, 0.3) is 5.91 Å². The summed E-state index contributed by atoms with van der Waals surface area (Å²) < 4.78 is 10.4. The maximum Gasteiger partial charge on any atom is 0.341 e. The van der Waals surface area contributed by atoms with Crippen molar-refractivity contribution < 1.29 is 18.8 Å². The first kappa shape index (κ1) is 23.4.